The monoisotopic (exact) mass is 278 g/mol. The summed E-state index contributed by atoms with van der Waals surface area (Å²) >= 11 is 0. The van der Waals surface area contributed by atoms with Crippen molar-refractivity contribution in [1.82, 2.24) is 9.62 Å². The van der Waals surface area contributed by atoms with Gasteiger partial charge in [0.15, 0.2) is 0 Å². The van der Waals surface area contributed by atoms with E-state index >= 15 is 0 Å². The summed E-state index contributed by atoms with van der Waals surface area (Å²) in [6, 6.07) is 0.0562. The van der Waals surface area contributed by atoms with Crippen LogP contribution in [0.3, 0.4) is 0 Å². The van der Waals surface area contributed by atoms with Crippen molar-refractivity contribution < 1.29 is 17.9 Å². The topological polar surface area (TPSA) is 75.7 Å². The highest BCUT2D eigenvalue weighted by Gasteiger charge is 2.25. The molecule has 0 saturated carbocycles. The van der Waals surface area contributed by atoms with Crippen LogP contribution in [-0.2, 0) is 19.6 Å². The van der Waals surface area contributed by atoms with Crippen LogP contribution < -0.4 is 5.32 Å². The molecule has 0 aromatic heterocycles. The van der Waals surface area contributed by atoms with E-state index in [1.165, 1.54) is 10.6 Å². The van der Waals surface area contributed by atoms with Crippen LogP contribution in [0.1, 0.15) is 26.2 Å². The number of carbonyl (C=O) groups excluding carboxylic acids is 1. The lowest BCUT2D eigenvalue weighted by Crippen LogP contribution is -2.47. The van der Waals surface area contributed by atoms with Gasteiger partial charge in [0.25, 0.3) is 0 Å². The fourth-order valence-corrected chi connectivity index (χ4v) is 2.78. The Kier molecular flexibility index (Phi) is 6.04. The maximum Gasteiger partial charge on any atom is 0.246 e. The van der Waals surface area contributed by atoms with E-state index in [9.17, 15) is 13.2 Å². The van der Waals surface area contributed by atoms with Crippen LogP contribution in [0, 0.1) is 0 Å². The van der Waals surface area contributed by atoms with E-state index in [-0.39, 0.29) is 18.6 Å². The number of amides is 1. The number of ether oxygens (including phenoxy) is 1. The van der Waals surface area contributed by atoms with Gasteiger partial charge in [-0.1, -0.05) is 6.92 Å². The SMILES string of the molecule is CCCOCC(=O)NC1CCN(S(C)(=O)=O)CC1. The lowest BCUT2D eigenvalue weighted by Gasteiger charge is -2.30. The van der Waals surface area contributed by atoms with E-state index in [1.54, 1.807) is 0 Å². The molecule has 6 nitrogen and oxygen atoms in total. The molecular weight excluding hydrogens is 256 g/mol. The van der Waals surface area contributed by atoms with Crippen LogP contribution in [0.5, 0.6) is 0 Å². The quantitative estimate of drug-likeness (QED) is 0.691. The van der Waals surface area contributed by atoms with Crippen molar-refractivity contribution in [3.05, 3.63) is 0 Å². The molecule has 0 atom stereocenters. The molecule has 0 unspecified atom stereocenters. The second-order valence-corrected chi connectivity index (χ2v) is 6.54. The van der Waals surface area contributed by atoms with E-state index in [0.29, 0.717) is 32.5 Å². The summed E-state index contributed by atoms with van der Waals surface area (Å²) in [6.07, 6.45) is 3.42. The maximum absolute atomic E-state index is 11.5. The van der Waals surface area contributed by atoms with Gasteiger partial charge in [-0.3, -0.25) is 4.79 Å². The Morgan fingerprint density at radius 3 is 2.50 bits per heavy atom. The summed E-state index contributed by atoms with van der Waals surface area (Å²) in [6.45, 7) is 3.60. The normalized spacial score (nSPS) is 18.8. The second-order valence-electron chi connectivity index (χ2n) is 4.56. The molecule has 1 N–H and O–H groups in total. The van der Waals surface area contributed by atoms with Crippen LogP contribution in [0.25, 0.3) is 0 Å². The Labute approximate surface area is 109 Å². The molecule has 0 radical (unpaired) electrons. The van der Waals surface area contributed by atoms with Crippen molar-refractivity contribution >= 4 is 15.9 Å². The summed E-state index contributed by atoms with van der Waals surface area (Å²) in [4.78, 5) is 11.5. The van der Waals surface area contributed by atoms with Gasteiger partial charge in [0.1, 0.15) is 6.61 Å². The first-order valence-corrected chi connectivity index (χ1v) is 8.10. The standard InChI is InChI=1S/C11H22N2O4S/c1-3-8-17-9-11(14)12-10-4-6-13(7-5-10)18(2,15)16/h10H,3-9H2,1-2H3,(H,12,14). The average Bonchev–Trinajstić information content (AvgIpc) is 2.29. The zero-order valence-corrected chi connectivity index (χ0v) is 11.8. The first-order valence-electron chi connectivity index (χ1n) is 6.25. The van der Waals surface area contributed by atoms with Crippen LogP contribution in [0.4, 0.5) is 0 Å². The highest BCUT2D eigenvalue weighted by molar-refractivity contribution is 7.88. The lowest BCUT2D eigenvalue weighted by molar-refractivity contribution is -0.126. The van der Waals surface area contributed by atoms with Gasteiger partial charge < -0.3 is 10.1 Å². The van der Waals surface area contributed by atoms with Gasteiger partial charge in [-0.2, -0.15) is 0 Å². The number of rotatable bonds is 6. The minimum atomic E-state index is -3.10. The summed E-state index contributed by atoms with van der Waals surface area (Å²) in [7, 11) is -3.10. The van der Waals surface area contributed by atoms with Crippen LogP contribution in [0.15, 0.2) is 0 Å². The third-order valence-electron chi connectivity index (χ3n) is 2.87. The molecular formula is C11H22N2O4S. The molecule has 1 rings (SSSR count). The molecule has 18 heavy (non-hydrogen) atoms. The molecule has 7 heteroatoms. The largest absolute Gasteiger partial charge is 0.372 e. The highest BCUT2D eigenvalue weighted by Crippen LogP contribution is 2.12. The predicted octanol–water partition coefficient (Wildman–Crippen LogP) is -0.0468. The van der Waals surface area contributed by atoms with Crippen LogP contribution >= 0.6 is 0 Å². The highest BCUT2D eigenvalue weighted by atomic mass is 32.2. The minimum absolute atomic E-state index is 0.0562. The molecule has 0 aromatic rings. The Morgan fingerprint density at radius 1 is 1.39 bits per heavy atom. The van der Waals surface area contributed by atoms with Gasteiger partial charge in [0, 0.05) is 25.7 Å². The van der Waals surface area contributed by atoms with Gasteiger partial charge in [0.2, 0.25) is 15.9 Å². The van der Waals surface area contributed by atoms with E-state index in [4.69, 9.17) is 4.74 Å². The molecule has 1 saturated heterocycles. The molecule has 1 amide bonds. The minimum Gasteiger partial charge on any atom is -0.372 e. The predicted molar refractivity (Wildman–Crippen MR) is 68.7 cm³/mol. The van der Waals surface area contributed by atoms with Gasteiger partial charge in [0.05, 0.1) is 6.26 Å². The van der Waals surface area contributed by atoms with Crippen molar-refractivity contribution in [3.63, 3.8) is 0 Å². The van der Waals surface area contributed by atoms with Crippen LogP contribution in [-0.4, -0.2) is 57.2 Å². The van der Waals surface area contributed by atoms with E-state index in [0.717, 1.165) is 6.42 Å². The molecule has 0 spiro atoms. The maximum atomic E-state index is 11.5. The molecule has 1 aliphatic heterocycles. The van der Waals surface area contributed by atoms with Gasteiger partial charge in [-0.25, -0.2) is 12.7 Å². The fraction of sp³-hybridized carbons (Fsp3) is 0.909. The fourth-order valence-electron chi connectivity index (χ4n) is 1.91. The Bertz CT molecular complexity index is 361. The zero-order valence-electron chi connectivity index (χ0n) is 11.0. The van der Waals surface area contributed by atoms with E-state index < -0.39 is 10.0 Å². The van der Waals surface area contributed by atoms with Crippen molar-refractivity contribution in [2.75, 3.05) is 32.6 Å². The molecule has 0 aliphatic carbocycles. The number of sulfonamides is 1. The smallest absolute Gasteiger partial charge is 0.246 e. The summed E-state index contributed by atoms with van der Waals surface area (Å²) in [5, 5.41) is 2.86. The number of carbonyl (C=O) groups is 1. The zero-order chi connectivity index (χ0) is 13.6. The molecule has 0 aromatic carbocycles. The van der Waals surface area contributed by atoms with Crippen molar-refractivity contribution in [1.29, 1.82) is 0 Å². The van der Waals surface area contributed by atoms with E-state index in [2.05, 4.69) is 5.32 Å². The van der Waals surface area contributed by atoms with Gasteiger partial charge in [-0.15, -0.1) is 0 Å². The van der Waals surface area contributed by atoms with Crippen molar-refractivity contribution in [2.24, 2.45) is 0 Å². The molecule has 0 bridgehead atoms. The summed E-state index contributed by atoms with van der Waals surface area (Å²) < 4.78 is 29.2. The Balaban J connectivity index is 2.25. The number of nitrogens with zero attached hydrogens (tertiary/aromatic N) is 1. The summed E-state index contributed by atoms with van der Waals surface area (Å²) in [5.74, 6) is -0.124. The van der Waals surface area contributed by atoms with Gasteiger partial charge in [-0.05, 0) is 19.3 Å². The first-order chi connectivity index (χ1) is 8.43. The second kappa shape index (κ2) is 7.06. The first kappa shape index (κ1) is 15.4. The molecule has 106 valence electrons. The summed E-state index contributed by atoms with van der Waals surface area (Å²) in [5.41, 5.74) is 0. The van der Waals surface area contributed by atoms with Crippen LogP contribution in [0.2, 0.25) is 0 Å². The Hall–Kier alpha value is -0.660. The third kappa shape index (κ3) is 5.32. The number of hydrogen-bond donors (Lipinski definition) is 1. The number of nitrogens with one attached hydrogen (secondary N) is 1. The Morgan fingerprint density at radius 2 is 2.00 bits per heavy atom. The molecule has 1 fully saturated rings. The van der Waals surface area contributed by atoms with Crippen molar-refractivity contribution in [2.45, 2.75) is 32.2 Å². The van der Waals surface area contributed by atoms with Gasteiger partial charge >= 0.3 is 0 Å². The molecule has 1 heterocycles. The van der Waals surface area contributed by atoms with Crippen molar-refractivity contribution in [3.8, 4) is 0 Å². The third-order valence-corrected chi connectivity index (χ3v) is 4.17. The number of piperidine rings is 1. The average molecular weight is 278 g/mol. The lowest BCUT2D eigenvalue weighted by atomic mass is 10.1. The van der Waals surface area contributed by atoms with E-state index in [1.807, 2.05) is 6.92 Å². The molecule has 1 aliphatic rings. The number of hydrogen-bond acceptors (Lipinski definition) is 4.